The lowest BCUT2D eigenvalue weighted by atomic mass is 9.95. The van der Waals surface area contributed by atoms with Gasteiger partial charge in [-0.25, -0.2) is 4.21 Å². The van der Waals surface area contributed by atoms with Gasteiger partial charge in [0, 0.05) is 28.3 Å². The standard InChI is InChI=1S/C25H22ClNO3S/c1-27(2)15-16-30-20-13-9-17(10-14-20)23-21-5-3-4-6-22(21)31(29)25(23)24(28)18-7-11-19(26)12-8-18/h3-14H,15-16H2,1-2H3. The van der Waals surface area contributed by atoms with Crippen LogP contribution in [-0.2, 0) is 10.8 Å². The van der Waals surface area contributed by atoms with Crippen molar-refractivity contribution in [2.75, 3.05) is 27.2 Å². The van der Waals surface area contributed by atoms with E-state index >= 15 is 0 Å². The van der Waals surface area contributed by atoms with Gasteiger partial charge in [-0.15, -0.1) is 0 Å². The van der Waals surface area contributed by atoms with Crippen LogP contribution in [0.25, 0.3) is 5.57 Å². The second-order valence-corrected chi connectivity index (χ2v) is 9.30. The fourth-order valence-electron chi connectivity index (χ4n) is 3.44. The Morgan fingerprint density at radius 2 is 1.65 bits per heavy atom. The van der Waals surface area contributed by atoms with Crippen molar-refractivity contribution < 1.29 is 13.7 Å². The first-order valence-corrected chi connectivity index (χ1v) is 11.4. The van der Waals surface area contributed by atoms with Crippen LogP contribution in [0.15, 0.2) is 82.6 Å². The molecule has 4 nitrogen and oxygen atoms in total. The van der Waals surface area contributed by atoms with Crippen molar-refractivity contribution >= 4 is 33.8 Å². The Hall–Kier alpha value is -2.73. The molecule has 0 amide bonds. The molecule has 0 saturated heterocycles. The molecule has 158 valence electrons. The van der Waals surface area contributed by atoms with E-state index < -0.39 is 10.8 Å². The fourth-order valence-corrected chi connectivity index (χ4v) is 5.06. The van der Waals surface area contributed by atoms with Gasteiger partial charge in [-0.1, -0.05) is 41.9 Å². The molecule has 0 aromatic heterocycles. The fraction of sp³-hybridized carbons (Fsp3) is 0.160. The third-order valence-corrected chi connectivity index (χ3v) is 6.80. The molecule has 1 atom stereocenters. The van der Waals surface area contributed by atoms with Gasteiger partial charge < -0.3 is 9.64 Å². The Kier molecular flexibility index (Phi) is 6.37. The smallest absolute Gasteiger partial charge is 0.202 e. The monoisotopic (exact) mass is 451 g/mol. The van der Waals surface area contributed by atoms with Gasteiger partial charge in [0.2, 0.25) is 5.78 Å². The van der Waals surface area contributed by atoms with E-state index in [9.17, 15) is 9.00 Å². The van der Waals surface area contributed by atoms with Crippen LogP contribution in [-0.4, -0.2) is 42.1 Å². The van der Waals surface area contributed by atoms with Crippen LogP contribution in [0.1, 0.15) is 21.5 Å². The van der Waals surface area contributed by atoms with Gasteiger partial charge >= 0.3 is 0 Å². The number of fused-ring (bicyclic) bond motifs is 1. The molecule has 0 saturated carbocycles. The molecular formula is C25H22ClNO3S. The Morgan fingerprint density at radius 3 is 2.32 bits per heavy atom. The van der Waals surface area contributed by atoms with E-state index in [1.807, 2.05) is 62.6 Å². The summed E-state index contributed by atoms with van der Waals surface area (Å²) in [5.41, 5.74) is 2.81. The van der Waals surface area contributed by atoms with Gasteiger partial charge in [-0.05, 0) is 62.1 Å². The molecule has 0 fully saturated rings. The average molecular weight is 452 g/mol. The van der Waals surface area contributed by atoms with Gasteiger partial charge in [0.25, 0.3) is 0 Å². The highest BCUT2D eigenvalue weighted by molar-refractivity contribution is 7.90. The number of rotatable bonds is 7. The first-order chi connectivity index (χ1) is 15.0. The van der Waals surface area contributed by atoms with E-state index in [2.05, 4.69) is 4.90 Å². The molecule has 0 aliphatic carbocycles. The molecule has 4 rings (SSSR count). The van der Waals surface area contributed by atoms with Crippen LogP contribution in [0, 0.1) is 0 Å². The minimum Gasteiger partial charge on any atom is -0.492 e. The summed E-state index contributed by atoms with van der Waals surface area (Å²) >= 11 is 5.97. The number of ketones is 1. The van der Waals surface area contributed by atoms with Gasteiger partial charge in [0.05, 0.1) is 15.7 Å². The van der Waals surface area contributed by atoms with Crippen molar-refractivity contribution in [1.82, 2.24) is 4.90 Å². The number of hydrogen-bond acceptors (Lipinski definition) is 4. The molecule has 1 aliphatic heterocycles. The molecule has 1 heterocycles. The number of halogens is 1. The summed E-state index contributed by atoms with van der Waals surface area (Å²) in [5, 5.41) is 0.548. The number of Topliss-reactive ketones (excluding diaryl/α,β-unsaturated/α-hetero) is 1. The lowest BCUT2D eigenvalue weighted by Gasteiger charge is -2.12. The van der Waals surface area contributed by atoms with Crippen LogP contribution in [0.5, 0.6) is 5.75 Å². The molecule has 6 heteroatoms. The van der Waals surface area contributed by atoms with Crippen LogP contribution in [0.4, 0.5) is 0 Å². The highest BCUT2D eigenvalue weighted by atomic mass is 35.5. The summed E-state index contributed by atoms with van der Waals surface area (Å²) in [7, 11) is 2.43. The third-order valence-electron chi connectivity index (χ3n) is 5.03. The Labute approximate surface area is 189 Å². The zero-order chi connectivity index (χ0) is 22.0. The quantitative estimate of drug-likeness (QED) is 0.472. The highest BCUT2D eigenvalue weighted by Crippen LogP contribution is 2.42. The Bertz CT molecular complexity index is 1170. The van der Waals surface area contributed by atoms with Crippen LogP contribution < -0.4 is 4.74 Å². The lowest BCUT2D eigenvalue weighted by Crippen LogP contribution is -2.19. The zero-order valence-corrected chi connectivity index (χ0v) is 18.9. The van der Waals surface area contributed by atoms with Crippen molar-refractivity contribution in [3.05, 3.63) is 99.4 Å². The summed E-state index contributed by atoms with van der Waals surface area (Å²) in [4.78, 5) is 16.4. The van der Waals surface area contributed by atoms with E-state index in [-0.39, 0.29) is 5.78 Å². The average Bonchev–Trinajstić information content (AvgIpc) is 3.07. The summed E-state index contributed by atoms with van der Waals surface area (Å²) in [6.45, 7) is 1.40. The van der Waals surface area contributed by atoms with Crippen molar-refractivity contribution in [3.63, 3.8) is 0 Å². The van der Waals surface area contributed by atoms with Crippen molar-refractivity contribution in [3.8, 4) is 5.75 Å². The number of benzene rings is 3. The minimum atomic E-state index is -1.56. The third kappa shape index (κ3) is 4.49. The maximum Gasteiger partial charge on any atom is 0.202 e. The number of ether oxygens (including phenoxy) is 1. The first-order valence-electron chi connectivity index (χ1n) is 9.89. The van der Waals surface area contributed by atoms with Crippen LogP contribution in [0.2, 0.25) is 5.02 Å². The molecule has 3 aromatic carbocycles. The molecule has 1 unspecified atom stereocenters. The van der Waals surface area contributed by atoms with Gasteiger partial charge in [0.15, 0.2) is 0 Å². The summed E-state index contributed by atoms with van der Waals surface area (Å²) in [6, 6.07) is 21.7. The van der Waals surface area contributed by atoms with Gasteiger partial charge in [0.1, 0.15) is 17.3 Å². The van der Waals surface area contributed by atoms with E-state index in [1.54, 1.807) is 24.3 Å². The topological polar surface area (TPSA) is 46.6 Å². The highest BCUT2D eigenvalue weighted by Gasteiger charge is 2.34. The van der Waals surface area contributed by atoms with Gasteiger partial charge in [-0.2, -0.15) is 0 Å². The van der Waals surface area contributed by atoms with Crippen molar-refractivity contribution in [2.45, 2.75) is 4.90 Å². The van der Waals surface area contributed by atoms with E-state index in [1.165, 1.54) is 0 Å². The molecule has 0 radical (unpaired) electrons. The minimum absolute atomic E-state index is 0.257. The maximum atomic E-state index is 13.4. The summed E-state index contributed by atoms with van der Waals surface area (Å²) in [6.07, 6.45) is 0. The summed E-state index contributed by atoms with van der Waals surface area (Å²) in [5.74, 6) is 0.497. The number of carbonyl (C=O) groups is 1. The molecule has 0 spiro atoms. The second-order valence-electron chi connectivity index (χ2n) is 7.48. The van der Waals surface area contributed by atoms with Gasteiger partial charge in [-0.3, -0.25) is 4.79 Å². The van der Waals surface area contributed by atoms with E-state index in [0.29, 0.717) is 32.6 Å². The molecule has 0 N–H and O–H groups in total. The van der Waals surface area contributed by atoms with Crippen LogP contribution >= 0.6 is 11.6 Å². The van der Waals surface area contributed by atoms with E-state index in [4.69, 9.17) is 16.3 Å². The molecule has 1 aliphatic rings. The molecule has 3 aromatic rings. The van der Waals surface area contributed by atoms with Crippen LogP contribution in [0.3, 0.4) is 0 Å². The predicted octanol–water partition coefficient (Wildman–Crippen LogP) is 5.04. The van der Waals surface area contributed by atoms with E-state index in [0.717, 1.165) is 23.4 Å². The normalized spacial score (nSPS) is 15.3. The predicted molar refractivity (Wildman–Crippen MR) is 125 cm³/mol. The molecule has 31 heavy (non-hydrogen) atoms. The Morgan fingerprint density at radius 1 is 0.968 bits per heavy atom. The number of allylic oxidation sites excluding steroid dienone is 1. The zero-order valence-electron chi connectivity index (χ0n) is 17.3. The largest absolute Gasteiger partial charge is 0.492 e. The SMILES string of the molecule is CN(C)CCOc1ccc(C2=C(C(=O)c3ccc(Cl)cc3)S(=O)c3ccccc32)cc1. The molecular weight excluding hydrogens is 430 g/mol. The molecule has 0 bridgehead atoms. The second kappa shape index (κ2) is 9.18. The number of nitrogens with zero attached hydrogens (tertiary/aromatic N) is 1. The van der Waals surface area contributed by atoms with Crippen molar-refractivity contribution in [2.24, 2.45) is 0 Å². The number of hydrogen-bond donors (Lipinski definition) is 0. The lowest BCUT2D eigenvalue weighted by molar-refractivity contribution is 0.104. The Balaban J connectivity index is 1.74. The number of carbonyl (C=O) groups excluding carboxylic acids is 1. The first kappa shape index (κ1) is 21.5. The number of likely N-dealkylation sites (N-methyl/N-ethyl adjacent to an activating group) is 1. The van der Waals surface area contributed by atoms with Crippen molar-refractivity contribution in [1.29, 1.82) is 0 Å². The summed E-state index contributed by atoms with van der Waals surface area (Å²) < 4.78 is 19.1. The maximum absolute atomic E-state index is 13.4.